The quantitative estimate of drug-likeness (QED) is 0.783. The molecule has 1 aromatic heterocycles. The van der Waals surface area contributed by atoms with Crippen LogP contribution in [0.25, 0.3) is 0 Å². The van der Waals surface area contributed by atoms with Gasteiger partial charge in [0.15, 0.2) is 0 Å². The lowest BCUT2D eigenvalue weighted by Crippen LogP contribution is -2.41. The van der Waals surface area contributed by atoms with E-state index in [9.17, 15) is 4.79 Å². The molecule has 1 fully saturated rings. The summed E-state index contributed by atoms with van der Waals surface area (Å²) in [5.74, 6) is 0.745. The lowest BCUT2D eigenvalue weighted by atomic mass is 9.86. The van der Waals surface area contributed by atoms with Crippen molar-refractivity contribution in [1.29, 1.82) is 0 Å². The van der Waals surface area contributed by atoms with Gasteiger partial charge >= 0.3 is 0 Å². The molecule has 0 saturated carbocycles. The van der Waals surface area contributed by atoms with Crippen LogP contribution in [0.15, 0.2) is 42.7 Å². The largest absolute Gasteiger partial charge is 0.489 e. The molecule has 1 aliphatic rings. The van der Waals surface area contributed by atoms with Gasteiger partial charge in [-0.05, 0) is 23.1 Å². The number of rotatable bonds is 3. The molecular weight excluding hydrogens is 348 g/mol. The molecule has 0 radical (unpaired) electrons. The summed E-state index contributed by atoms with van der Waals surface area (Å²) in [7, 11) is 0. The predicted octanol–water partition coefficient (Wildman–Crippen LogP) is 4.72. The summed E-state index contributed by atoms with van der Waals surface area (Å²) in [6.45, 7) is 7.89. The molecule has 0 unspecified atom stereocenters. The zero-order chi connectivity index (χ0) is 18.7. The maximum atomic E-state index is 12.7. The number of hydrogen-bond donors (Lipinski definition) is 0. The Labute approximate surface area is 160 Å². The van der Waals surface area contributed by atoms with Crippen molar-refractivity contribution in [3.8, 4) is 5.75 Å². The Morgan fingerprint density at radius 3 is 2.38 bits per heavy atom. The number of hydrogen-bond acceptors (Lipinski definition) is 3. The van der Waals surface area contributed by atoms with Crippen LogP contribution in [0.1, 0.15) is 49.5 Å². The fraction of sp³-hybridized carbons (Fsp3) is 0.429. The molecule has 2 aromatic rings. The molecule has 1 aromatic carbocycles. The number of halogens is 1. The first-order valence-electron chi connectivity index (χ1n) is 9.00. The second kappa shape index (κ2) is 7.67. The third kappa shape index (κ3) is 4.36. The molecule has 3 rings (SSSR count). The summed E-state index contributed by atoms with van der Waals surface area (Å²) in [4.78, 5) is 18.6. The lowest BCUT2D eigenvalue weighted by Gasteiger charge is -2.32. The number of benzene rings is 1. The van der Waals surface area contributed by atoms with E-state index >= 15 is 0 Å². The number of amides is 1. The van der Waals surface area contributed by atoms with Crippen LogP contribution < -0.4 is 4.74 Å². The minimum atomic E-state index is 0.0715. The van der Waals surface area contributed by atoms with Crippen LogP contribution in [-0.2, 0) is 5.41 Å². The molecule has 26 heavy (non-hydrogen) atoms. The van der Waals surface area contributed by atoms with Crippen molar-refractivity contribution in [2.24, 2.45) is 0 Å². The molecular formula is C21H25ClN2O2. The van der Waals surface area contributed by atoms with E-state index in [0.717, 1.165) is 18.4 Å². The third-order valence-electron chi connectivity index (χ3n) is 4.76. The number of nitrogens with zero attached hydrogens (tertiary/aromatic N) is 2. The van der Waals surface area contributed by atoms with Crippen LogP contribution in [-0.4, -0.2) is 35.0 Å². The Kier molecular flexibility index (Phi) is 5.52. The molecule has 5 heteroatoms. The van der Waals surface area contributed by atoms with Crippen LogP contribution in [0.3, 0.4) is 0 Å². The molecule has 2 heterocycles. The Balaban J connectivity index is 1.57. The molecule has 0 bridgehead atoms. The molecule has 4 nitrogen and oxygen atoms in total. The van der Waals surface area contributed by atoms with E-state index < -0.39 is 0 Å². The van der Waals surface area contributed by atoms with E-state index in [1.165, 1.54) is 5.56 Å². The van der Waals surface area contributed by atoms with Crippen molar-refractivity contribution < 1.29 is 9.53 Å². The van der Waals surface area contributed by atoms with E-state index in [2.05, 4.69) is 37.9 Å². The van der Waals surface area contributed by atoms with Gasteiger partial charge in [0.05, 0.1) is 0 Å². The van der Waals surface area contributed by atoms with Crippen LogP contribution in [0, 0.1) is 0 Å². The summed E-state index contributed by atoms with van der Waals surface area (Å²) >= 11 is 6.10. The third-order valence-corrected chi connectivity index (χ3v) is 5.04. The summed E-state index contributed by atoms with van der Waals surface area (Å²) in [5, 5.41) is 0.518. The number of piperidine rings is 1. The fourth-order valence-electron chi connectivity index (χ4n) is 3.11. The summed E-state index contributed by atoms with van der Waals surface area (Å²) in [6, 6.07) is 9.74. The number of ether oxygens (including phenoxy) is 1. The van der Waals surface area contributed by atoms with Gasteiger partial charge in [-0.3, -0.25) is 9.78 Å². The van der Waals surface area contributed by atoms with Gasteiger partial charge in [0.1, 0.15) is 16.9 Å². The average molecular weight is 373 g/mol. The van der Waals surface area contributed by atoms with Crippen molar-refractivity contribution in [2.75, 3.05) is 13.1 Å². The van der Waals surface area contributed by atoms with E-state index in [1.54, 1.807) is 18.5 Å². The first-order chi connectivity index (χ1) is 12.3. The van der Waals surface area contributed by atoms with Gasteiger partial charge < -0.3 is 9.64 Å². The van der Waals surface area contributed by atoms with Crippen molar-refractivity contribution in [2.45, 2.75) is 45.1 Å². The average Bonchev–Trinajstić information content (AvgIpc) is 2.63. The zero-order valence-electron chi connectivity index (χ0n) is 15.5. The first kappa shape index (κ1) is 18.7. The van der Waals surface area contributed by atoms with Gasteiger partial charge in [0.25, 0.3) is 5.91 Å². The molecule has 0 spiro atoms. The Hall–Kier alpha value is -2.07. The van der Waals surface area contributed by atoms with Crippen molar-refractivity contribution in [3.05, 3.63) is 58.9 Å². The van der Waals surface area contributed by atoms with E-state index in [1.807, 2.05) is 17.0 Å². The number of aromatic nitrogens is 1. The molecule has 138 valence electrons. The predicted molar refractivity (Wildman–Crippen MR) is 104 cm³/mol. The van der Waals surface area contributed by atoms with Gasteiger partial charge in [0, 0.05) is 50.0 Å². The maximum absolute atomic E-state index is 12.7. The van der Waals surface area contributed by atoms with Crippen LogP contribution >= 0.6 is 11.6 Å². The van der Waals surface area contributed by atoms with Crippen LogP contribution in [0.5, 0.6) is 5.75 Å². The number of likely N-dealkylation sites (tertiary alicyclic amines) is 1. The SMILES string of the molecule is CC(C)(C)c1ccc(C(=O)N2CCC(Oc3ccncc3Cl)CC2)cc1. The van der Waals surface area contributed by atoms with Gasteiger partial charge in [-0.1, -0.05) is 44.5 Å². The molecule has 1 aliphatic heterocycles. The van der Waals surface area contributed by atoms with Crippen molar-refractivity contribution in [1.82, 2.24) is 9.88 Å². The van der Waals surface area contributed by atoms with Crippen molar-refractivity contribution in [3.63, 3.8) is 0 Å². The second-order valence-electron chi connectivity index (χ2n) is 7.74. The van der Waals surface area contributed by atoms with Gasteiger partial charge in [-0.25, -0.2) is 0 Å². The summed E-state index contributed by atoms with van der Waals surface area (Å²) in [6.07, 6.45) is 4.91. The highest BCUT2D eigenvalue weighted by atomic mass is 35.5. The molecule has 0 N–H and O–H groups in total. The van der Waals surface area contributed by atoms with Gasteiger partial charge in [0.2, 0.25) is 0 Å². The Bertz CT molecular complexity index is 760. The molecule has 1 amide bonds. The lowest BCUT2D eigenvalue weighted by molar-refractivity contribution is 0.0595. The summed E-state index contributed by atoms with van der Waals surface area (Å²) in [5.41, 5.74) is 2.07. The normalized spacial score (nSPS) is 15.8. The minimum absolute atomic E-state index is 0.0715. The van der Waals surface area contributed by atoms with Crippen LogP contribution in [0.4, 0.5) is 0 Å². The topological polar surface area (TPSA) is 42.4 Å². The highest BCUT2D eigenvalue weighted by Gasteiger charge is 2.25. The highest BCUT2D eigenvalue weighted by Crippen LogP contribution is 2.27. The Morgan fingerprint density at radius 2 is 1.81 bits per heavy atom. The highest BCUT2D eigenvalue weighted by molar-refractivity contribution is 6.31. The van der Waals surface area contributed by atoms with E-state index in [-0.39, 0.29) is 17.4 Å². The standard InChI is InChI=1S/C21H25ClN2O2/c1-21(2,3)16-6-4-15(5-7-16)20(25)24-12-9-17(10-13-24)26-19-8-11-23-14-18(19)22/h4-8,11,14,17H,9-10,12-13H2,1-3H3. The fourth-order valence-corrected chi connectivity index (χ4v) is 3.27. The second-order valence-corrected chi connectivity index (χ2v) is 8.15. The van der Waals surface area contributed by atoms with E-state index in [0.29, 0.717) is 23.9 Å². The van der Waals surface area contributed by atoms with Crippen LogP contribution in [0.2, 0.25) is 5.02 Å². The monoisotopic (exact) mass is 372 g/mol. The summed E-state index contributed by atoms with van der Waals surface area (Å²) < 4.78 is 5.96. The molecule has 0 aliphatic carbocycles. The number of pyridine rings is 1. The van der Waals surface area contributed by atoms with Crippen molar-refractivity contribution >= 4 is 17.5 Å². The number of carbonyl (C=O) groups excluding carboxylic acids is 1. The Morgan fingerprint density at radius 1 is 1.15 bits per heavy atom. The number of carbonyl (C=O) groups is 1. The first-order valence-corrected chi connectivity index (χ1v) is 9.38. The maximum Gasteiger partial charge on any atom is 0.253 e. The van der Waals surface area contributed by atoms with E-state index in [4.69, 9.17) is 16.3 Å². The minimum Gasteiger partial charge on any atom is -0.489 e. The molecule has 1 saturated heterocycles. The molecule has 0 atom stereocenters. The smallest absolute Gasteiger partial charge is 0.253 e. The van der Waals surface area contributed by atoms with Gasteiger partial charge in [-0.15, -0.1) is 0 Å². The zero-order valence-corrected chi connectivity index (χ0v) is 16.3. The van der Waals surface area contributed by atoms with Gasteiger partial charge in [-0.2, -0.15) is 0 Å².